The van der Waals surface area contributed by atoms with E-state index in [1.54, 1.807) is 0 Å². The van der Waals surface area contributed by atoms with E-state index in [-0.39, 0.29) is 18.1 Å². The molecule has 2 aliphatic rings. The lowest BCUT2D eigenvalue weighted by atomic mass is 10.0. The minimum Gasteiger partial charge on any atom is -0.491 e. The quantitative estimate of drug-likeness (QED) is 0.799. The highest BCUT2D eigenvalue weighted by atomic mass is 16.5. The van der Waals surface area contributed by atoms with E-state index in [0.717, 1.165) is 37.0 Å². The van der Waals surface area contributed by atoms with Gasteiger partial charge in [0, 0.05) is 31.2 Å². The second-order valence-corrected chi connectivity index (χ2v) is 7.84. The normalized spacial score (nSPS) is 20.7. The van der Waals surface area contributed by atoms with E-state index >= 15 is 0 Å². The van der Waals surface area contributed by atoms with E-state index in [1.165, 1.54) is 18.4 Å². The number of piperazine rings is 1. The average Bonchev–Trinajstić information content (AvgIpc) is 3.53. The maximum atomic E-state index is 13.3. The molecule has 142 valence electrons. The molecule has 1 heterocycles. The number of benzene rings is 2. The molecule has 1 unspecified atom stereocenters. The van der Waals surface area contributed by atoms with Gasteiger partial charge in [-0.3, -0.25) is 9.69 Å². The Labute approximate surface area is 161 Å². The molecule has 0 spiro atoms. The highest BCUT2D eigenvalue weighted by Crippen LogP contribution is 2.34. The van der Waals surface area contributed by atoms with Crippen LogP contribution in [0.3, 0.4) is 0 Å². The van der Waals surface area contributed by atoms with Crippen molar-refractivity contribution in [2.45, 2.75) is 44.9 Å². The lowest BCUT2D eigenvalue weighted by Gasteiger charge is -2.42. The van der Waals surface area contributed by atoms with Crippen molar-refractivity contribution in [2.75, 3.05) is 19.6 Å². The fourth-order valence-electron chi connectivity index (χ4n) is 3.89. The van der Waals surface area contributed by atoms with E-state index in [1.807, 2.05) is 49.1 Å². The van der Waals surface area contributed by atoms with Crippen LogP contribution in [0.5, 0.6) is 5.75 Å². The zero-order chi connectivity index (χ0) is 18.8. The lowest BCUT2D eigenvalue weighted by Crippen LogP contribution is -2.51. The van der Waals surface area contributed by atoms with Crippen LogP contribution in [0.4, 0.5) is 0 Å². The SMILES string of the molecule is CC(C)Oc1ccc(C(=O)N2CCN(C3CC3)CC2c2ccccc2)cc1. The molecule has 0 N–H and O–H groups in total. The number of rotatable bonds is 5. The molecule has 2 aromatic rings. The largest absolute Gasteiger partial charge is 0.491 e. The standard InChI is InChI=1S/C23H28N2O2/c1-17(2)27-21-12-8-19(9-13-21)23(26)25-15-14-24(20-10-11-20)16-22(25)18-6-4-3-5-7-18/h3-9,12-13,17,20,22H,10-11,14-16H2,1-2H3. The third kappa shape index (κ3) is 4.16. The summed E-state index contributed by atoms with van der Waals surface area (Å²) in [6, 6.07) is 18.8. The van der Waals surface area contributed by atoms with Gasteiger partial charge < -0.3 is 9.64 Å². The number of amides is 1. The first-order valence-corrected chi connectivity index (χ1v) is 9.98. The molecule has 1 saturated heterocycles. The van der Waals surface area contributed by atoms with Crippen LogP contribution in [-0.4, -0.2) is 47.5 Å². The van der Waals surface area contributed by atoms with Crippen LogP contribution < -0.4 is 4.74 Å². The molecule has 4 heteroatoms. The number of nitrogens with zero attached hydrogens (tertiary/aromatic N) is 2. The first-order chi connectivity index (χ1) is 13.1. The Morgan fingerprint density at radius 1 is 1.00 bits per heavy atom. The molecule has 0 radical (unpaired) electrons. The van der Waals surface area contributed by atoms with Gasteiger partial charge in [-0.2, -0.15) is 0 Å². The minimum absolute atomic E-state index is 0.107. The molecule has 1 aliphatic carbocycles. The summed E-state index contributed by atoms with van der Waals surface area (Å²) in [6.07, 6.45) is 2.73. The van der Waals surface area contributed by atoms with Crippen molar-refractivity contribution in [3.05, 3.63) is 65.7 Å². The van der Waals surface area contributed by atoms with Gasteiger partial charge in [0.1, 0.15) is 5.75 Å². The van der Waals surface area contributed by atoms with E-state index in [9.17, 15) is 4.79 Å². The summed E-state index contributed by atoms with van der Waals surface area (Å²) in [5, 5.41) is 0. The van der Waals surface area contributed by atoms with Gasteiger partial charge in [-0.25, -0.2) is 0 Å². The van der Waals surface area contributed by atoms with Gasteiger partial charge in [0.2, 0.25) is 0 Å². The molecule has 4 rings (SSSR count). The summed E-state index contributed by atoms with van der Waals surface area (Å²) in [4.78, 5) is 17.9. The van der Waals surface area contributed by atoms with Crippen molar-refractivity contribution in [3.8, 4) is 5.75 Å². The summed E-state index contributed by atoms with van der Waals surface area (Å²) >= 11 is 0. The Balaban J connectivity index is 1.55. The zero-order valence-electron chi connectivity index (χ0n) is 16.2. The molecule has 1 saturated carbocycles. The molecular weight excluding hydrogens is 336 g/mol. The van der Waals surface area contributed by atoms with Crippen molar-refractivity contribution >= 4 is 5.91 Å². The van der Waals surface area contributed by atoms with Crippen LogP contribution in [0, 0.1) is 0 Å². The van der Waals surface area contributed by atoms with Gasteiger partial charge >= 0.3 is 0 Å². The number of hydrogen-bond donors (Lipinski definition) is 0. The monoisotopic (exact) mass is 364 g/mol. The van der Waals surface area contributed by atoms with Crippen molar-refractivity contribution in [3.63, 3.8) is 0 Å². The van der Waals surface area contributed by atoms with Crippen molar-refractivity contribution in [1.29, 1.82) is 0 Å². The molecule has 1 atom stereocenters. The van der Waals surface area contributed by atoms with Gasteiger partial charge in [-0.15, -0.1) is 0 Å². The Hall–Kier alpha value is -2.33. The fourth-order valence-corrected chi connectivity index (χ4v) is 3.89. The summed E-state index contributed by atoms with van der Waals surface area (Å²) in [6.45, 7) is 6.67. The summed E-state index contributed by atoms with van der Waals surface area (Å²) in [5.74, 6) is 0.912. The maximum absolute atomic E-state index is 13.3. The third-order valence-electron chi connectivity index (χ3n) is 5.39. The second kappa shape index (κ2) is 7.73. The van der Waals surface area contributed by atoms with Crippen LogP contribution in [-0.2, 0) is 0 Å². The van der Waals surface area contributed by atoms with E-state index in [0.29, 0.717) is 0 Å². The molecule has 4 nitrogen and oxygen atoms in total. The van der Waals surface area contributed by atoms with Crippen LogP contribution in [0.1, 0.15) is 48.7 Å². The third-order valence-corrected chi connectivity index (χ3v) is 5.39. The maximum Gasteiger partial charge on any atom is 0.254 e. The molecular formula is C23H28N2O2. The van der Waals surface area contributed by atoms with Crippen LogP contribution >= 0.6 is 0 Å². The predicted octanol–water partition coefficient (Wildman–Crippen LogP) is 4.14. The second-order valence-electron chi connectivity index (χ2n) is 7.84. The molecule has 1 aliphatic heterocycles. The van der Waals surface area contributed by atoms with Gasteiger partial charge in [0.05, 0.1) is 12.1 Å². The smallest absolute Gasteiger partial charge is 0.254 e. The lowest BCUT2D eigenvalue weighted by molar-refractivity contribution is 0.0433. The fraction of sp³-hybridized carbons (Fsp3) is 0.435. The van der Waals surface area contributed by atoms with Crippen molar-refractivity contribution in [1.82, 2.24) is 9.80 Å². The van der Waals surface area contributed by atoms with E-state index < -0.39 is 0 Å². The summed E-state index contributed by atoms with van der Waals surface area (Å²) < 4.78 is 5.70. The Kier molecular flexibility index (Phi) is 5.17. The number of hydrogen-bond acceptors (Lipinski definition) is 3. The topological polar surface area (TPSA) is 32.8 Å². The van der Waals surface area contributed by atoms with Gasteiger partial charge in [-0.05, 0) is 56.5 Å². The van der Waals surface area contributed by atoms with Crippen LogP contribution in [0.15, 0.2) is 54.6 Å². The van der Waals surface area contributed by atoms with Crippen molar-refractivity contribution in [2.24, 2.45) is 0 Å². The van der Waals surface area contributed by atoms with Gasteiger partial charge in [0.25, 0.3) is 5.91 Å². The first-order valence-electron chi connectivity index (χ1n) is 9.98. The molecule has 2 fully saturated rings. The number of carbonyl (C=O) groups excluding carboxylic acids is 1. The number of ether oxygens (including phenoxy) is 1. The summed E-state index contributed by atoms with van der Waals surface area (Å²) in [7, 11) is 0. The first kappa shape index (κ1) is 18.1. The van der Waals surface area contributed by atoms with Crippen LogP contribution in [0.2, 0.25) is 0 Å². The van der Waals surface area contributed by atoms with Gasteiger partial charge in [0.15, 0.2) is 0 Å². The summed E-state index contributed by atoms with van der Waals surface area (Å²) in [5.41, 5.74) is 1.95. The Morgan fingerprint density at radius 3 is 2.33 bits per heavy atom. The van der Waals surface area contributed by atoms with Crippen molar-refractivity contribution < 1.29 is 9.53 Å². The Morgan fingerprint density at radius 2 is 1.70 bits per heavy atom. The molecule has 0 aromatic heterocycles. The minimum atomic E-state index is 0.107. The molecule has 1 amide bonds. The highest BCUT2D eigenvalue weighted by molar-refractivity contribution is 5.94. The molecule has 27 heavy (non-hydrogen) atoms. The van der Waals surface area contributed by atoms with Gasteiger partial charge in [-0.1, -0.05) is 30.3 Å². The zero-order valence-corrected chi connectivity index (χ0v) is 16.2. The van der Waals surface area contributed by atoms with E-state index in [2.05, 4.69) is 29.2 Å². The highest BCUT2D eigenvalue weighted by Gasteiger charge is 2.38. The van der Waals surface area contributed by atoms with E-state index in [4.69, 9.17) is 4.74 Å². The average molecular weight is 364 g/mol. The predicted molar refractivity (Wildman–Crippen MR) is 107 cm³/mol. The number of carbonyl (C=O) groups is 1. The molecule has 0 bridgehead atoms. The Bertz CT molecular complexity index is 769. The van der Waals surface area contributed by atoms with Crippen LogP contribution in [0.25, 0.3) is 0 Å². The molecule has 2 aromatic carbocycles.